The van der Waals surface area contributed by atoms with Gasteiger partial charge in [0.1, 0.15) is 29.3 Å². The Morgan fingerprint density at radius 3 is 2.50 bits per heavy atom. The number of likely N-dealkylation sites (tertiary alicyclic amines) is 1. The van der Waals surface area contributed by atoms with Gasteiger partial charge in [0.05, 0.1) is 5.56 Å². The summed E-state index contributed by atoms with van der Waals surface area (Å²) in [5.41, 5.74) is -0.208. The third-order valence-corrected chi connectivity index (χ3v) is 6.31. The lowest BCUT2D eigenvalue weighted by Crippen LogP contribution is -2.41. The molecule has 1 heterocycles. The molecule has 2 aliphatic rings. The summed E-state index contributed by atoms with van der Waals surface area (Å²) in [4.78, 5) is 14.4. The Morgan fingerprint density at radius 2 is 1.88 bits per heavy atom. The Labute approximate surface area is 191 Å². The Kier molecular flexibility index (Phi) is 8.36. The molecule has 0 bridgehead atoms. The smallest absolute Gasteiger partial charge is 0.407 e. The molecule has 2 fully saturated rings. The van der Waals surface area contributed by atoms with Crippen LogP contribution in [-0.2, 0) is 4.74 Å². The van der Waals surface area contributed by atoms with Crippen LogP contribution in [0.25, 0.3) is 0 Å². The molecule has 7 heteroatoms. The van der Waals surface area contributed by atoms with Crippen molar-refractivity contribution in [2.75, 3.05) is 19.6 Å². The number of halogens is 1. The predicted octanol–water partition coefficient (Wildman–Crippen LogP) is 5.01. The van der Waals surface area contributed by atoms with Gasteiger partial charge in [0.25, 0.3) is 0 Å². The van der Waals surface area contributed by atoms with Gasteiger partial charge in [0.2, 0.25) is 0 Å². The number of alkyl carbamates (subject to hydrolysis) is 1. The second kappa shape index (κ2) is 11.0. The number of nitrogens with one attached hydrogen (secondary N) is 1. The molecule has 0 spiro atoms. The van der Waals surface area contributed by atoms with Crippen LogP contribution < -0.4 is 10.1 Å². The Morgan fingerprint density at radius 1 is 1.19 bits per heavy atom. The van der Waals surface area contributed by atoms with Gasteiger partial charge in [-0.2, -0.15) is 5.26 Å². The summed E-state index contributed by atoms with van der Waals surface area (Å²) >= 11 is 0. The highest BCUT2D eigenvalue weighted by molar-refractivity contribution is 5.68. The van der Waals surface area contributed by atoms with E-state index in [9.17, 15) is 14.4 Å². The first-order chi connectivity index (χ1) is 15.2. The van der Waals surface area contributed by atoms with Crippen molar-refractivity contribution in [3.05, 3.63) is 29.6 Å². The zero-order valence-electron chi connectivity index (χ0n) is 19.5. The van der Waals surface area contributed by atoms with E-state index >= 15 is 0 Å². The zero-order valence-corrected chi connectivity index (χ0v) is 19.5. The molecular weight excluding hydrogens is 409 g/mol. The van der Waals surface area contributed by atoms with Crippen molar-refractivity contribution in [3.8, 4) is 11.8 Å². The molecule has 1 saturated carbocycles. The van der Waals surface area contributed by atoms with E-state index < -0.39 is 11.4 Å². The lowest BCUT2D eigenvalue weighted by atomic mass is 9.84. The summed E-state index contributed by atoms with van der Waals surface area (Å²) in [6.45, 7) is 8.68. The van der Waals surface area contributed by atoms with E-state index in [1.54, 1.807) is 6.07 Å². The normalized spacial score (nSPS) is 22.7. The SMILES string of the molecule is CC(C)(C)OC(=O)N[C@H]1CC[C@H](CCN2CCC(Oc3ccc(F)cc3C#N)CC2)CC1. The van der Waals surface area contributed by atoms with Crippen LogP contribution in [0.4, 0.5) is 9.18 Å². The maximum atomic E-state index is 13.3. The van der Waals surface area contributed by atoms with Crippen LogP contribution in [0.15, 0.2) is 18.2 Å². The number of hydrogen-bond acceptors (Lipinski definition) is 5. The highest BCUT2D eigenvalue weighted by atomic mass is 19.1. The van der Waals surface area contributed by atoms with Crippen molar-refractivity contribution in [2.24, 2.45) is 5.92 Å². The lowest BCUT2D eigenvalue weighted by Gasteiger charge is -2.34. The fraction of sp³-hybridized carbons (Fsp3) is 0.680. The highest BCUT2D eigenvalue weighted by Crippen LogP contribution is 2.28. The van der Waals surface area contributed by atoms with Crippen LogP contribution in [0, 0.1) is 23.1 Å². The average molecular weight is 446 g/mol. The molecule has 1 N–H and O–H groups in total. The van der Waals surface area contributed by atoms with Crippen LogP contribution in [0.5, 0.6) is 5.75 Å². The van der Waals surface area contributed by atoms with Crippen LogP contribution in [0.2, 0.25) is 0 Å². The number of rotatable bonds is 6. The second-order valence-electron chi connectivity index (χ2n) is 10.1. The lowest BCUT2D eigenvalue weighted by molar-refractivity contribution is 0.0484. The molecule has 1 aliphatic carbocycles. The van der Waals surface area contributed by atoms with Crippen molar-refractivity contribution in [2.45, 2.75) is 83.5 Å². The standard InChI is InChI=1S/C25H36FN3O3/c1-25(2,3)32-24(30)28-21-7-4-18(5-8-21)10-13-29-14-11-22(12-15-29)31-23-9-6-20(26)16-19(23)17-27/h6,9,16,18,21-22H,4-5,7-8,10-15H2,1-3H3,(H,28,30)/t18-,21-. The minimum absolute atomic E-state index is 0.0678. The van der Waals surface area contributed by atoms with Gasteiger partial charge in [-0.15, -0.1) is 0 Å². The van der Waals surface area contributed by atoms with Crippen molar-refractivity contribution < 1.29 is 18.7 Å². The highest BCUT2D eigenvalue weighted by Gasteiger charge is 2.26. The number of ether oxygens (including phenoxy) is 2. The largest absolute Gasteiger partial charge is 0.489 e. The van der Waals surface area contributed by atoms with Gasteiger partial charge in [-0.3, -0.25) is 0 Å². The molecule has 176 valence electrons. The van der Waals surface area contributed by atoms with Gasteiger partial charge < -0.3 is 19.7 Å². The minimum atomic E-state index is -0.462. The summed E-state index contributed by atoms with van der Waals surface area (Å²) in [6, 6.07) is 6.34. The van der Waals surface area contributed by atoms with Crippen LogP contribution in [0.1, 0.15) is 71.3 Å². The monoisotopic (exact) mass is 445 g/mol. The van der Waals surface area contributed by atoms with Gasteiger partial charge in [-0.05, 0) is 96.4 Å². The topological polar surface area (TPSA) is 74.6 Å². The predicted molar refractivity (Wildman–Crippen MR) is 121 cm³/mol. The third-order valence-electron chi connectivity index (χ3n) is 6.31. The number of nitrogens with zero attached hydrogens (tertiary/aromatic N) is 2. The van der Waals surface area contributed by atoms with Crippen LogP contribution in [0.3, 0.4) is 0 Å². The van der Waals surface area contributed by atoms with Gasteiger partial charge >= 0.3 is 6.09 Å². The second-order valence-corrected chi connectivity index (χ2v) is 10.1. The maximum Gasteiger partial charge on any atom is 0.407 e. The maximum absolute atomic E-state index is 13.3. The van der Waals surface area contributed by atoms with Gasteiger partial charge in [-0.25, -0.2) is 9.18 Å². The van der Waals surface area contributed by atoms with E-state index in [0.717, 1.165) is 58.2 Å². The van der Waals surface area contributed by atoms with Crippen LogP contribution >= 0.6 is 0 Å². The van der Waals surface area contributed by atoms with E-state index in [-0.39, 0.29) is 23.8 Å². The first-order valence-electron chi connectivity index (χ1n) is 11.8. The number of carbonyl (C=O) groups is 1. The van der Waals surface area contributed by atoms with Gasteiger partial charge in [0, 0.05) is 19.1 Å². The Hall–Kier alpha value is -2.33. The molecule has 1 aromatic rings. The van der Waals surface area contributed by atoms with E-state index in [0.29, 0.717) is 11.7 Å². The molecule has 1 aliphatic heterocycles. The fourth-order valence-electron chi connectivity index (χ4n) is 4.56. The van der Waals surface area contributed by atoms with E-state index in [1.807, 2.05) is 26.8 Å². The number of carbonyl (C=O) groups excluding carboxylic acids is 1. The first-order valence-corrected chi connectivity index (χ1v) is 11.8. The van der Waals surface area contributed by atoms with Crippen molar-refractivity contribution in [1.29, 1.82) is 5.26 Å². The Balaban J connectivity index is 1.32. The average Bonchev–Trinajstić information content (AvgIpc) is 2.74. The molecule has 0 radical (unpaired) electrons. The fourth-order valence-corrected chi connectivity index (χ4v) is 4.56. The molecular formula is C25H36FN3O3. The van der Waals surface area contributed by atoms with E-state index in [4.69, 9.17) is 9.47 Å². The molecule has 0 unspecified atom stereocenters. The van der Waals surface area contributed by atoms with E-state index in [1.165, 1.54) is 18.6 Å². The van der Waals surface area contributed by atoms with Crippen molar-refractivity contribution >= 4 is 6.09 Å². The molecule has 0 aromatic heterocycles. The summed E-state index contributed by atoms with van der Waals surface area (Å²) in [7, 11) is 0. The summed E-state index contributed by atoms with van der Waals surface area (Å²) in [5, 5.41) is 12.2. The molecule has 6 nitrogen and oxygen atoms in total. The minimum Gasteiger partial charge on any atom is -0.489 e. The van der Waals surface area contributed by atoms with Gasteiger partial charge in [0.15, 0.2) is 0 Å². The van der Waals surface area contributed by atoms with Crippen LogP contribution in [-0.4, -0.2) is 48.4 Å². The molecule has 3 rings (SSSR count). The number of hydrogen-bond donors (Lipinski definition) is 1. The summed E-state index contributed by atoms with van der Waals surface area (Å²) in [5.74, 6) is 0.764. The third kappa shape index (κ3) is 7.67. The number of amides is 1. The molecule has 1 amide bonds. The summed E-state index contributed by atoms with van der Waals surface area (Å²) in [6.07, 6.45) is 7.07. The number of benzene rings is 1. The molecule has 1 saturated heterocycles. The molecule has 32 heavy (non-hydrogen) atoms. The molecule has 0 atom stereocenters. The summed E-state index contributed by atoms with van der Waals surface area (Å²) < 4.78 is 24.6. The molecule has 1 aromatic carbocycles. The zero-order chi connectivity index (χ0) is 23.1. The Bertz CT molecular complexity index is 802. The quantitative estimate of drug-likeness (QED) is 0.666. The number of nitriles is 1. The van der Waals surface area contributed by atoms with Gasteiger partial charge in [-0.1, -0.05) is 0 Å². The van der Waals surface area contributed by atoms with Crippen molar-refractivity contribution in [3.63, 3.8) is 0 Å². The van der Waals surface area contributed by atoms with E-state index in [2.05, 4.69) is 10.2 Å². The number of piperidine rings is 1. The van der Waals surface area contributed by atoms with Crippen molar-refractivity contribution in [1.82, 2.24) is 10.2 Å². The first kappa shape index (κ1) is 24.3.